The van der Waals surface area contributed by atoms with Crippen LogP contribution in [0.4, 0.5) is 0 Å². The van der Waals surface area contributed by atoms with Crippen LogP contribution < -0.4 is 11.1 Å². The maximum absolute atomic E-state index is 10.5. The number of nitrogens with one attached hydrogen (secondary N) is 1. The maximum Gasteiger partial charge on any atom is 0.247 e. The molecule has 0 saturated heterocycles. The lowest BCUT2D eigenvalue weighted by molar-refractivity contribution is -0.117. The van der Waals surface area contributed by atoms with Crippen molar-refractivity contribution in [3.63, 3.8) is 0 Å². The van der Waals surface area contributed by atoms with Crippen LogP contribution in [-0.2, 0) is 9.59 Å². The van der Waals surface area contributed by atoms with Crippen LogP contribution >= 0.6 is 0 Å². The van der Waals surface area contributed by atoms with E-state index in [9.17, 15) is 9.59 Å². The third-order valence-electron chi connectivity index (χ3n) is 1.04. The molecule has 1 heterocycles. The Bertz CT molecular complexity index is 209. The van der Waals surface area contributed by atoms with Gasteiger partial charge < -0.3 is 11.1 Å². The monoisotopic (exact) mass is 141 g/mol. The number of rotatable bonds is 2. The van der Waals surface area contributed by atoms with Crippen molar-refractivity contribution in [1.82, 2.24) is 5.32 Å². The summed E-state index contributed by atoms with van der Waals surface area (Å²) in [5.41, 5.74) is 4.85. The fraction of sp³-hybridized carbons (Fsp3) is 0.400. The van der Waals surface area contributed by atoms with Gasteiger partial charge in [-0.1, -0.05) is 0 Å². The highest BCUT2D eigenvalue weighted by molar-refractivity contribution is 6.10. The molecule has 10 heavy (non-hydrogen) atoms. The van der Waals surface area contributed by atoms with Gasteiger partial charge in [0.1, 0.15) is 12.4 Å². The second-order valence-corrected chi connectivity index (χ2v) is 1.95. The molecule has 0 aromatic rings. The Labute approximate surface area is 57.3 Å². The van der Waals surface area contributed by atoms with E-state index in [1.807, 2.05) is 0 Å². The van der Waals surface area contributed by atoms with Gasteiger partial charge in [0.2, 0.25) is 11.8 Å². The van der Waals surface area contributed by atoms with Gasteiger partial charge in [-0.25, -0.2) is 0 Å². The van der Waals surface area contributed by atoms with Gasteiger partial charge >= 0.3 is 0 Å². The molecule has 0 saturated carbocycles. The molecular formula is C5H7N3O2. The van der Waals surface area contributed by atoms with Crippen LogP contribution in [0.15, 0.2) is 4.99 Å². The minimum absolute atomic E-state index is 0.0196. The molecule has 1 rings (SSSR count). The van der Waals surface area contributed by atoms with E-state index >= 15 is 0 Å². The normalized spacial score (nSPS) is 16.4. The van der Waals surface area contributed by atoms with Crippen LogP contribution in [0, 0.1) is 0 Å². The first-order chi connectivity index (χ1) is 4.68. The molecule has 1 aliphatic heterocycles. The van der Waals surface area contributed by atoms with Crippen molar-refractivity contribution >= 4 is 17.6 Å². The lowest BCUT2D eigenvalue weighted by Gasteiger charge is -1.94. The molecule has 0 bridgehead atoms. The number of aliphatic imine (C=N–C) groups is 1. The summed E-state index contributed by atoms with van der Waals surface area (Å²) < 4.78 is 0. The predicted octanol–water partition coefficient (Wildman–Crippen LogP) is -1.61. The molecular weight excluding hydrogens is 134 g/mol. The number of primary amides is 1. The van der Waals surface area contributed by atoms with E-state index in [0.29, 0.717) is 5.84 Å². The molecule has 5 heteroatoms. The zero-order chi connectivity index (χ0) is 7.56. The zero-order valence-corrected chi connectivity index (χ0v) is 5.26. The van der Waals surface area contributed by atoms with E-state index in [1.54, 1.807) is 0 Å². The van der Waals surface area contributed by atoms with Crippen molar-refractivity contribution in [3.05, 3.63) is 0 Å². The zero-order valence-electron chi connectivity index (χ0n) is 5.26. The predicted molar refractivity (Wildman–Crippen MR) is 34.3 cm³/mol. The highest BCUT2D eigenvalue weighted by atomic mass is 16.2. The van der Waals surface area contributed by atoms with E-state index in [1.165, 1.54) is 0 Å². The molecule has 3 N–H and O–H groups in total. The second-order valence-electron chi connectivity index (χ2n) is 1.95. The standard InChI is InChI=1S/C5H7N3O2/c6-3(9)1-4-7-2-5(10)8-4/h1-2H2,(H2,6,9)(H,7,8,10). The number of carbonyl (C=O) groups is 2. The Morgan fingerprint density at radius 3 is 2.90 bits per heavy atom. The molecule has 0 fully saturated rings. The summed E-state index contributed by atoms with van der Waals surface area (Å²) >= 11 is 0. The summed E-state index contributed by atoms with van der Waals surface area (Å²) in [5.74, 6) is -0.297. The topological polar surface area (TPSA) is 84.6 Å². The number of nitrogens with two attached hydrogens (primary N) is 1. The highest BCUT2D eigenvalue weighted by Gasteiger charge is 2.13. The first kappa shape index (κ1) is 6.73. The summed E-state index contributed by atoms with van der Waals surface area (Å²) in [6, 6.07) is 0. The van der Waals surface area contributed by atoms with E-state index in [0.717, 1.165) is 0 Å². The van der Waals surface area contributed by atoms with Gasteiger partial charge in [-0.2, -0.15) is 0 Å². The lowest BCUT2D eigenvalue weighted by atomic mass is 10.4. The Morgan fingerprint density at radius 1 is 1.80 bits per heavy atom. The van der Waals surface area contributed by atoms with Crippen LogP contribution in [-0.4, -0.2) is 24.2 Å². The summed E-state index contributed by atoms with van der Waals surface area (Å²) in [4.78, 5) is 24.4. The van der Waals surface area contributed by atoms with Crippen LogP contribution in [0.3, 0.4) is 0 Å². The van der Waals surface area contributed by atoms with Gasteiger partial charge in [0.05, 0.1) is 6.42 Å². The smallest absolute Gasteiger partial charge is 0.247 e. The third kappa shape index (κ3) is 1.54. The molecule has 0 aromatic heterocycles. The molecule has 0 aromatic carbocycles. The first-order valence-corrected chi connectivity index (χ1v) is 2.80. The van der Waals surface area contributed by atoms with Crippen LogP contribution in [0.1, 0.15) is 6.42 Å². The quantitative estimate of drug-likeness (QED) is 0.484. The van der Waals surface area contributed by atoms with Crippen molar-refractivity contribution in [1.29, 1.82) is 0 Å². The highest BCUT2D eigenvalue weighted by Crippen LogP contribution is 1.90. The number of carbonyl (C=O) groups excluding carboxylic acids is 2. The molecule has 1 aliphatic rings. The Balaban J connectivity index is 2.44. The number of nitrogens with zero attached hydrogens (tertiary/aromatic N) is 1. The van der Waals surface area contributed by atoms with E-state index in [2.05, 4.69) is 10.3 Å². The lowest BCUT2D eigenvalue weighted by Crippen LogP contribution is -2.28. The van der Waals surface area contributed by atoms with Gasteiger partial charge in [0.25, 0.3) is 0 Å². The van der Waals surface area contributed by atoms with Crippen LogP contribution in [0.25, 0.3) is 0 Å². The van der Waals surface area contributed by atoms with Gasteiger partial charge in [-0.05, 0) is 0 Å². The van der Waals surface area contributed by atoms with Gasteiger partial charge in [0.15, 0.2) is 0 Å². The summed E-state index contributed by atoms with van der Waals surface area (Å²) in [6.07, 6.45) is 0.0196. The molecule has 0 spiro atoms. The van der Waals surface area contributed by atoms with Crippen molar-refractivity contribution in [2.24, 2.45) is 10.7 Å². The fourth-order valence-electron chi connectivity index (χ4n) is 0.672. The number of amides is 2. The molecule has 0 aliphatic carbocycles. The van der Waals surface area contributed by atoms with Gasteiger partial charge in [-0.15, -0.1) is 0 Å². The average molecular weight is 141 g/mol. The Morgan fingerprint density at radius 2 is 2.50 bits per heavy atom. The summed E-state index contributed by atoms with van der Waals surface area (Å²) in [6.45, 7) is 0.114. The number of hydrogen-bond donors (Lipinski definition) is 2. The molecule has 5 nitrogen and oxygen atoms in total. The maximum atomic E-state index is 10.5. The molecule has 0 atom stereocenters. The van der Waals surface area contributed by atoms with Crippen molar-refractivity contribution in [2.45, 2.75) is 6.42 Å². The SMILES string of the molecule is NC(=O)CC1=NCC(=O)N1. The third-order valence-corrected chi connectivity index (χ3v) is 1.04. The van der Waals surface area contributed by atoms with E-state index < -0.39 is 5.91 Å². The second kappa shape index (κ2) is 2.47. The molecule has 0 unspecified atom stereocenters. The number of hydrogen-bond acceptors (Lipinski definition) is 3. The average Bonchev–Trinajstić information content (AvgIpc) is 2.13. The summed E-state index contributed by atoms with van der Waals surface area (Å²) in [5, 5.41) is 2.40. The molecule has 54 valence electrons. The van der Waals surface area contributed by atoms with Crippen molar-refractivity contribution in [2.75, 3.05) is 6.54 Å². The van der Waals surface area contributed by atoms with E-state index in [4.69, 9.17) is 5.73 Å². The molecule has 0 radical (unpaired) electrons. The largest absolute Gasteiger partial charge is 0.369 e. The minimum atomic E-state index is -0.485. The first-order valence-electron chi connectivity index (χ1n) is 2.80. The van der Waals surface area contributed by atoms with E-state index in [-0.39, 0.29) is 18.9 Å². The van der Waals surface area contributed by atoms with Crippen LogP contribution in [0.5, 0.6) is 0 Å². The minimum Gasteiger partial charge on any atom is -0.369 e. The Kier molecular flexibility index (Phi) is 1.66. The Hall–Kier alpha value is -1.39. The number of amidine groups is 1. The van der Waals surface area contributed by atoms with Crippen LogP contribution in [0.2, 0.25) is 0 Å². The molecule has 2 amide bonds. The van der Waals surface area contributed by atoms with Gasteiger partial charge in [-0.3, -0.25) is 14.6 Å². The fourth-order valence-corrected chi connectivity index (χ4v) is 0.672. The van der Waals surface area contributed by atoms with Crippen molar-refractivity contribution < 1.29 is 9.59 Å². The summed E-state index contributed by atoms with van der Waals surface area (Å²) in [7, 11) is 0. The van der Waals surface area contributed by atoms with Crippen molar-refractivity contribution in [3.8, 4) is 0 Å². The van der Waals surface area contributed by atoms with Gasteiger partial charge in [0, 0.05) is 0 Å².